The summed E-state index contributed by atoms with van der Waals surface area (Å²) in [5.41, 5.74) is 5.50. The summed E-state index contributed by atoms with van der Waals surface area (Å²) >= 11 is 5.03. The quantitative estimate of drug-likeness (QED) is 0.760. The van der Waals surface area contributed by atoms with Crippen LogP contribution in [-0.4, -0.2) is 17.4 Å². The van der Waals surface area contributed by atoms with Gasteiger partial charge in [0.1, 0.15) is 5.82 Å². The molecule has 0 heterocycles. The number of hydrogen-bond acceptors (Lipinski definition) is 2. The molecule has 110 valence electrons. The summed E-state index contributed by atoms with van der Waals surface area (Å²) in [6.07, 6.45) is 1.56. The van der Waals surface area contributed by atoms with E-state index in [1.807, 2.05) is 13.8 Å². The molecule has 20 heavy (non-hydrogen) atoms. The maximum atomic E-state index is 13.5. The zero-order valence-corrected chi connectivity index (χ0v) is 12.7. The van der Waals surface area contributed by atoms with Crippen LogP contribution < -0.4 is 11.1 Å². The Morgan fingerprint density at radius 1 is 1.35 bits per heavy atom. The molecule has 0 aromatic heterocycles. The van der Waals surface area contributed by atoms with E-state index in [0.29, 0.717) is 31.4 Å². The first kappa shape index (κ1) is 16.6. The van der Waals surface area contributed by atoms with Crippen molar-refractivity contribution < 1.29 is 9.18 Å². The molecule has 0 spiro atoms. The Kier molecular flexibility index (Phi) is 6.07. The highest BCUT2D eigenvalue weighted by molar-refractivity contribution is 7.80. The Morgan fingerprint density at radius 3 is 2.45 bits per heavy atom. The molecule has 0 bridgehead atoms. The molecule has 5 heteroatoms. The number of thiocarbonyl (C=S) groups is 1. The summed E-state index contributed by atoms with van der Waals surface area (Å²) in [5.74, 6) is -0.431. The summed E-state index contributed by atoms with van der Waals surface area (Å²) in [6, 6.07) is 6.54. The first-order valence-electron chi connectivity index (χ1n) is 6.79. The third kappa shape index (κ3) is 3.54. The number of carbonyl (C=O) groups excluding carboxylic acids is 1. The zero-order chi connectivity index (χ0) is 15.2. The number of halogens is 1. The largest absolute Gasteiger partial charge is 0.392 e. The fraction of sp³-hybridized carbons (Fsp3) is 0.467. The smallest absolute Gasteiger partial charge is 0.233 e. The predicted octanol–water partition coefficient (Wildman–Crippen LogP) is 2.58. The highest BCUT2D eigenvalue weighted by atomic mass is 32.1. The van der Waals surface area contributed by atoms with Crippen LogP contribution in [0.5, 0.6) is 0 Å². The molecule has 3 N–H and O–H groups in total. The number of rotatable bonds is 7. The summed E-state index contributed by atoms with van der Waals surface area (Å²) in [6.45, 7) is 4.14. The topological polar surface area (TPSA) is 55.1 Å². The van der Waals surface area contributed by atoms with Gasteiger partial charge in [0.25, 0.3) is 0 Å². The van der Waals surface area contributed by atoms with Crippen molar-refractivity contribution in [3.05, 3.63) is 35.6 Å². The van der Waals surface area contributed by atoms with Gasteiger partial charge in [-0.3, -0.25) is 4.79 Å². The van der Waals surface area contributed by atoms with E-state index in [1.165, 1.54) is 6.07 Å². The van der Waals surface area contributed by atoms with E-state index in [2.05, 4.69) is 5.32 Å². The molecule has 0 saturated heterocycles. The molecule has 0 atom stereocenters. The van der Waals surface area contributed by atoms with Gasteiger partial charge in [-0.15, -0.1) is 0 Å². The van der Waals surface area contributed by atoms with Gasteiger partial charge in [0.05, 0.1) is 10.4 Å². The summed E-state index contributed by atoms with van der Waals surface area (Å²) in [5, 5.41) is 2.81. The first-order valence-corrected chi connectivity index (χ1v) is 7.20. The van der Waals surface area contributed by atoms with E-state index >= 15 is 0 Å². The van der Waals surface area contributed by atoms with Gasteiger partial charge in [-0.25, -0.2) is 4.39 Å². The van der Waals surface area contributed by atoms with Crippen molar-refractivity contribution in [2.45, 2.75) is 33.1 Å². The Balaban J connectivity index is 2.63. The Labute approximate surface area is 124 Å². The van der Waals surface area contributed by atoms with E-state index in [-0.39, 0.29) is 16.7 Å². The van der Waals surface area contributed by atoms with Crippen LogP contribution in [0.4, 0.5) is 4.39 Å². The van der Waals surface area contributed by atoms with Gasteiger partial charge in [-0.05, 0) is 30.9 Å². The average molecular weight is 296 g/mol. The highest BCUT2D eigenvalue weighted by Gasteiger charge is 2.37. The van der Waals surface area contributed by atoms with Crippen LogP contribution in [0.3, 0.4) is 0 Å². The lowest BCUT2D eigenvalue weighted by Crippen LogP contribution is -2.48. The zero-order valence-electron chi connectivity index (χ0n) is 11.9. The Bertz CT molecular complexity index is 487. The van der Waals surface area contributed by atoms with Crippen LogP contribution in [0.25, 0.3) is 0 Å². The van der Waals surface area contributed by atoms with Crippen LogP contribution in [0.15, 0.2) is 24.3 Å². The molecule has 1 aromatic rings. The molecule has 1 amide bonds. The van der Waals surface area contributed by atoms with E-state index < -0.39 is 5.41 Å². The molecule has 0 aliphatic rings. The van der Waals surface area contributed by atoms with Crippen molar-refractivity contribution in [1.29, 1.82) is 0 Å². The molecule has 0 radical (unpaired) electrons. The van der Waals surface area contributed by atoms with Crippen LogP contribution in [-0.2, 0) is 11.2 Å². The monoisotopic (exact) mass is 296 g/mol. The average Bonchev–Trinajstić information content (AvgIpc) is 2.42. The van der Waals surface area contributed by atoms with Gasteiger partial charge in [0.15, 0.2) is 0 Å². The minimum Gasteiger partial charge on any atom is -0.392 e. The minimum atomic E-state index is -0.801. The van der Waals surface area contributed by atoms with Gasteiger partial charge < -0.3 is 11.1 Å². The van der Waals surface area contributed by atoms with E-state index in [9.17, 15) is 9.18 Å². The number of amides is 1. The van der Waals surface area contributed by atoms with Crippen molar-refractivity contribution in [3.8, 4) is 0 Å². The molecule has 0 saturated carbocycles. The maximum Gasteiger partial charge on any atom is 0.233 e. The number of nitrogens with two attached hydrogens (primary N) is 1. The van der Waals surface area contributed by atoms with Gasteiger partial charge in [-0.2, -0.15) is 0 Å². The van der Waals surface area contributed by atoms with Gasteiger partial charge >= 0.3 is 0 Å². The summed E-state index contributed by atoms with van der Waals surface area (Å²) in [4.78, 5) is 12.5. The second kappa shape index (κ2) is 7.33. The summed E-state index contributed by atoms with van der Waals surface area (Å²) in [7, 11) is 0. The standard InChI is InChI=1S/C15H21FN2OS/c1-3-15(4-2,13(17)20)14(19)18-10-9-11-7-5-6-8-12(11)16/h5-8H,3-4,9-10H2,1-2H3,(H2,17,20)(H,18,19). The first-order chi connectivity index (χ1) is 9.47. The number of hydrogen-bond donors (Lipinski definition) is 2. The molecular weight excluding hydrogens is 275 g/mol. The third-order valence-electron chi connectivity index (χ3n) is 3.75. The van der Waals surface area contributed by atoms with Crippen molar-refractivity contribution in [2.75, 3.05) is 6.54 Å². The second-order valence-corrected chi connectivity index (χ2v) is 5.19. The molecule has 1 rings (SSSR count). The van der Waals surface area contributed by atoms with E-state index in [0.717, 1.165) is 0 Å². The molecule has 0 aliphatic heterocycles. The molecule has 1 aromatic carbocycles. The Hall–Kier alpha value is -1.49. The fourth-order valence-electron chi connectivity index (χ4n) is 2.21. The van der Waals surface area contributed by atoms with E-state index in [1.54, 1.807) is 18.2 Å². The maximum absolute atomic E-state index is 13.5. The molecular formula is C15H21FN2OS. The molecule has 0 unspecified atom stereocenters. The van der Waals surface area contributed by atoms with Gasteiger partial charge in [-0.1, -0.05) is 44.3 Å². The predicted molar refractivity (Wildman–Crippen MR) is 82.9 cm³/mol. The van der Waals surface area contributed by atoms with Crippen molar-refractivity contribution in [1.82, 2.24) is 5.32 Å². The minimum absolute atomic E-state index is 0.175. The van der Waals surface area contributed by atoms with Gasteiger partial charge in [0.2, 0.25) is 5.91 Å². The lowest BCUT2D eigenvalue weighted by molar-refractivity contribution is -0.127. The van der Waals surface area contributed by atoms with Crippen molar-refractivity contribution in [3.63, 3.8) is 0 Å². The molecule has 3 nitrogen and oxygen atoms in total. The van der Waals surface area contributed by atoms with Crippen LogP contribution in [0.2, 0.25) is 0 Å². The molecule has 0 fully saturated rings. The summed E-state index contributed by atoms with van der Waals surface area (Å²) < 4.78 is 13.5. The highest BCUT2D eigenvalue weighted by Crippen LogP contribution is 2.27. The van der Waals surface area contributed by atoms with Gasteiger partial charge in [0, 0.05) is 6.54 Å². The van der Waals surface area contributed by atoms with Crippen molar-refractivity contribution in [2.24, 2.45) is 11.1 Å². The van der Waals surface area contributed by atoms with Crippen LogP contribution >= 0.6 is 12.2 Å². The number of benzene rings is 1. The normalized spacial score (nSPS) is 11.2. The van der Waals surface area contributed by atoms with Crippen LogP contribution in [0, 0.1) is 11.2 Å². The second-order valence-electron chi connectivity index (χ2n) is 4.75. The SMILES string of the molecule is CCC(CC)(C(=O)NCCc1ccccc1F)C(N)=S. The lowest BCUT2D eigenvalue weighted by Gasteiger charge is -2.28. The van der Waals surface area contributed by atoms with Crippen LogP contribution in [0.1, 0.15) is 32.3 Å². The number of nitrogens with one attached hydrogen (secondary N) is 1. The fourth-order valence-corrected chi connectivity index (χ4v) is 2.59. The van der Waals surface area contributed by atoms with E-state index in [4.69, 9.17) is 18.0 Å². The number of carbonyl (C=O) groups is 1. The Morgan fingerprint density at radius 2 is 1.95 bits per heavy atom. The van der Waals surface area contributed by atoms with Crippen molar-refractivity contribution >= 4 is 23.1 Å². The third-order valence-corrected chi connectivity index (χ3v) is 4.14. The lowest BCUT2D eigenvalue weighted by atomic mass is 9.81. The molecule has 0 aliphatic carbocycles.